The van der Waals surface area contributed by atoms with E-state index in [1.54, 1.807) is 29.1 Å². The summed E-state index contributed by atoms with van der Waals surface area (Å²) in [6.07, 6.45) is 3.22. The molecule has 1 saturated heterocycles. The molecule has 4 aromatic rings. The molecule has 3 aromatic heterocycles. The fraction of sp³-hybridized carbons (Fsp3) is 0.238. The molecule has 0 aliphatic carbocycles. The zero-order valence-electron chi connectivity index (χ0n) is 17.6. The molecular weight excluding hydrogens is 482 g/mol. The van der Waals surface area contributed by atoms with Gasteiger partial charge in [-0.3, -0.25) is 14.9 Å². The average Bonchev–Trinajstić information content (AvgIpc) is 3.58. The maximum Gasteiger partial charge on any atom is 0.324 e. The third-order valence-electron chi connectivity index (χ3n) is 5.54. The molecule has 1 aliphatic rings. The van der Waals surface area contributed by atoms with Gasteiger partial charge in [0.2, 0.25) is 5.95 Å². The summed E-state index contributed by atoms with van der Waals surface area (Å²) >= 11 is 6.94. The highest BCUT2D eigenvalue weighted by atomic mass is 35.5. The number of hydrogen-bond acceptors (Lipinski definition) is 9. The number of nitrogens with zero attached hydrogens (tertiary/aromatic N) is 6. The van der Waals surface area contributed by atoms with Crippen molar-refractivity contribution < 1.29 is 14.8 Å². The van der Waals surface area contributed by atoms with E-state index in [1.807, 2.05) is 11.0 Å². The van der Waals surface area contributed by atoms with Crippen molar-refractivity contribution in [3.63, 3.8) is 0 Å². The number of carbonyl (C=O) groups excluding carboxylic acids is 1. The second-order valence-electron chi connectivity index (χ2n) is 7.67. The number of nitrogens with one attached hydrogen (secondary N) is 1. The molecule has 1 aromatic carbocycles. The summed E-state index contributed by atoms with van der Waals surface area (Å²) in [6.45, 7) is 0.613. The van der Waals surface area contributed by atoms with Gasteiger partial charge < -0.3 is 15.3 Å². The lowest BCUT2D eigenvalue weighted by Crippen LogP contribution is -2.33. The second-order valence-corrected chi connectivity index (χ2v) is 9.17. The van der Waals surface area contributed by atoms with Gasteiger partial charge in [-0.15, -0.1) is 0 Å². The Kier molecular flexibility index (Phi) is 5.86. The van der Waals surface area contributed by atoms with Gasteiger partial charge in [-0.05, 0) is 37.1 Å². The third kappa shape index (κ3) is 4.06. The van der Waals surface area contributed by atoms with Crippen molar-refractivity contribution in [1.29, 1.82) is 0 Å². The number of aromatic nitrogens is 4. The predicted molar refractivity (Wildman–Crippen MR) is 128 cm³/mol. The third-order valence-corrected chi connectivity index (χ3v) is 6.81. The molecule has 1 aliphatic heterocycles. The Morgan fingerprint density at radius 1 is 1.32 bits per heavy atom. The lowest BCUT2D eigenvalue weighted by Gasteiger charge is -2.23. The van der Waals surface area contributed by atoms with E-state index >= 15 is 0 Å². The zero-order chi connectivity index (χ0) is 23.8. The number of hydrogen-bond donors (Lipinski definition) is 2. The SMILES string of the molecule is O=C(Nc1nc(N2CCCC2CO)nc2c1cnn2-c1cccc(Cl)c1)c1ccc([N+](=O)[O-])s1. The van der Waals surface area contributed by atoms with Gasteiger partial charge in [-0.25, -0.2) is 4.68 Å². The van der Waals surface area contributed by atoms with Gasteiger partial charge in [0.05, 0.1) is 39.7 Å². The minimum absolute atomic E-state index is 0.0461. The predicted octanol–water partition coefficient (Wildman–Crippen LogP) is 3.65. The summed E-state index contributed by atoms with van der Waals surface area (Å²) in [6, 6.07) is 9.66. The number of anilines is 2. The van der Waals surface area contributed by atoms with Crippen LogP contribution in [0.5, 0.6) is 0 Å². The summed E-state index contributed by atoms with van der Waals surface area (Å²) in [5.41, 5.74) is 1.13. The number of amides is 1. The molecule has 1 amide bonds. The van der Waals surface area contributed by atoms with Crippen molar-refractivity contribution >= 4 is 56.6 Å². The quantitative estimate of drug-likeness (QED) is 0.302. The highest BCUT2D eigenvalue weighted by molar-refractivity contribution is 7.17. The molecule has 2 N–H and O–H groups in total. The Balaban J connectivity index is 1.60. The number of fused-ring (bicyclic) bond motifs is 1. The standard InChI is InChI=1S/C21H18ClN7O4S/c22-12-3-1-4-13(9-12)28-19-15(10-23-28)18(24-20(31)16-6-7-17(34-16)29(32)33)25-21(26-19)27-8-2-5-14(27)11-30/h1,3-4,6-7,9-10,14,30H,2,5,8,11H2,(H,24,25,26,31). The first-order chi connectivity index (χ1) is 16.4. The topological polar surface area (TPSA) is 139 Å². The summed E-state index contributed by atoms with van der Waals surface area (Å²) in [4.78, 5) is 34.7. The molecule has 1 unspecified atom stereocenters. The Hall–Kier alpha value is -3.61. The van der Waals surface area contributed by atoms with Crippen LogP contribution in [-0.2, 0) is 0 Å². The van der Waals surface area contributed by atoms with Crippen LogP contribution in [0.4, 0.5) is 16.8 Å². The Morgan fingerprint density at radius 3 is 2.91 bits per heavy atom. The summed E-state index contributed by atoms with van der Waals surface area (Å²) in [5, 5.41) is 28.9. The van der Waals surface area contributed by atoms with Crippen LogP contribution in [0, 0.1) is 10.1 Å². The summed E-state index contributed by atoms with van der Waals surface area (Å²) in [5.74, 6) is 0.0397. The van der Waals surface area contributed by atoms with Crippen LogP contribution in [0.2, 0.25) is 5.02 Å². The maximum absolute atomic E-state index is 12.9. The van der Waals surface area contributed by atoms with E-state index in [9.17, 15) is 20.0 Å². The molecule has 0 radical (unpaired) electrons. The van der Waals surface area contributed by atoms with E-state index < -0.39 is 10.8 Å². The monoisotopic (exact) mass is 499 g/mol. The van der Waals surface area contributed by atoms with Gasteiger partial charge in [0, 0.05) is 17.6 Å². The van der Waals surface area contributed by atoms with E-state index in [4.69, 9.17) is 16.6 Å². The van der Waals surface area contributed by atoms with Gasteiger partial charge in [-0.1, -0.05) is 29.0 Å². The van der Waals surface area contributed by atoms with Crippen molar-refractivity contribution in [2.75, 3.05) is 23.4 Å². The van der Waals surface area contributed by atoms with E-state index in [-0.39, 0.29) is 28.3 Å². The first-order valence-electron chi connectivity index (χ1n) is 10.4. The molecule has 174 valence electrons. The number of aliphatic hydroxyl groups excluding tert-OH is 1. The molecule has 0 spiro atoms. The smallest absolute Gasteiger partial charge is 0.324 e. The lowest BCUT2D eigenvalue weighted by molar-refractivity contribution is -0.380. The van der Waals surface area contributed by atoms with Crippen LogP contribution in [-0.4, -0.2) is 54.9 Å². The van der Waals surface area contributed by atoms with E-state index in [0.717, 1.165) is 24.2 Å². The number of rotatable bonds is 6. The van der Waals surface area contributed by atoms with Gasteiger partial charge in [-0.2, -0.15) is 15.1 Å². The van der Waals surface area contributed by atoms with Gasteiger partial charge >= 0.3 is 5.00 Å². The normalized spacial score (nSPS) is 15.7. The van der Waals surface area contributed by atoms with Crippen LogP contribution >= 0.6 is 22.9 Å². The fourth-order valence-corrected chi connectivity index (χ4v) is 4.82. The lowest BCUT2D eigenvalue weighted by atomic mass is 10.2. The molecular formula is C21H18ClN7O4S. The largest absolute Gasteiger partial charge is 0.394 e. The molecule has 11 nitrogen and oxygen atoms in total. The Labute approximate surface area is 201 Å². The van der Waals surface area contributed by atoms with Crippen molar-refractivity contribution in [2.24, 2.45) is 0 Å². The average molecular weight is 500 g/mol. The van der Waals surface area contributed by atoms with Crippen molar-refractivity contribution in [1.82, 2.24) is 19.7 Å². The highest BCUT2D eigenvalue weighted by Crippen LogP contribution is 2.31. The molecule has 1 fully saturated rings. The first kappa shape index (κ1) is 22.2. The molecule has 0 saturated carbocycles. The van der Waals surface area contributed by atoms with Gasteiger partial charge in [0.25, 0.3) is 5.91 Å². The van der Waals surface area contributed by atoms with Crippen molar-refractivity contribution in [2.45, 2.75) is 18.9 Å². The van der Waals surface area contributed by atoms with Crippen LogP contribution < -0.4 is 10.2 Å². The summed E-state index contributed by atoms with van der Waals surface area (Å²) in [7, 11) is 0. The Morgan fingerprint density at radius 2 is 2.18 bits per heavy atom. The van der Waals surface area contributed by atoms with Crippen molar-refractivity contribution in [3.8, 4) is 5.69 Å². The van der Waals surface area contributed by atoms with Crippen LogP contribution in [0.1, 0.15) is 22.5 Å². The summed E-state index contributed by atoms with van der Waals surface area (Å²) < 4.78 is 1.60. The highest BCUT2D eigenvalue weighted by Gasteiger charge is 2.28. The minimum Gasteiger partial charge on any atom is -0.394 e. The molecule has 5 rings (SSSR count). The molecule has 34 heavy (non-hydrogen) atoms. The van der Waals surface area contributed by atoms with Crippen LogP contribution in [0.15, 0.2) is 42.6 Å². The van der Waals surface area contributed by atoms with Gasteiger partial charge in [0.15, 0.2) is 5.65 Å². The molecule has 1 atom stereocenters. The molecule has 13 heteroatoms. The molecule has 0 bridgehead atoms. The number of nitro groups is 1. The number of aliphatic hydroxyl groups is 1. The molecule has 4 heterocycles. The maximum atomic E-state index is 12.9. The van der Waals surface area contributed by atoms with Crippen molar-refractivity contribution in [3.05, 3.63) is 62.6 Å². The number of benzene rings is 1. The van der Waals surface area contributed by atoms with Crippen LogP contribution in [0.3, 0.4) is 0 Å². The number of thiophene rings is 1. The fourth-order valence-electron chi connectivity index (χ4n) is 3.92. The van der Waals surface area contributed by atoms with E-state index in [0.29, 0.717) is 34.2 Å². The Bertz CT molecular complexity index is 1410. The number of carbonyl (C=O) groups is 1. The minimum atomic E-state index is -0.542. The first-order valence-corrected chi connectivity index (χ1v) is 11.6. The van der Waals surface area contributed by atoms with E-state index in [2.05, 4.69) is 15.4 Å². The van der Waals surface area contributed by atoms with Gasteiger partial charge in [0.1, 0.15) is 5.82 Å². The zero-order valence-corrected chi connectivity index (χ0v) is 19.2. The second kappa shape index (κ2) is 8.97. The number of halogens is 1. The van der Waals surface area contributed by atoms with E-state index in [1.165, 1.54) is 12.1 Å². The van der Waals surface area contributed by atoms with Crippen LogP contribution in [0.25, 0.3) is 16.7 Å².